The first kappa shape index (κ1) is 28.6. The van der Waals surface area contributed by atoms with Crippen LogP contribution in [0.2, 0.25) is 0 Å². The van der Waals surface area contributed by atoms with Crippen LogP contribution in [0.1, 0.15) is 59.9 Å². The van der Waals surface area contributed by atoms with Gasteiger partial charge in [0.05, 0.1) is 25.4 Å². The van der Waals surface area contributed by atoms with E-state index in [2.05, 4.69) is 44.4 Å². The molecule has 0 spiro atoms. The van der Waals surface area contributed by atoms with Crippen LogP contribution < -0.4 is 10.5 Å². The molecule has 1 aromatic heterocycles. The molecule has 212 valence electrons. The van der Waals surface area contributed by atoms with Crippen molar-refractivity contribution in [1.82, 2.24) is 19.3 Å². The zero-order valence-electron chi connectivity index (χ0n) is 23.9. The second-order valence-corrected chi connectivity index (χ2v) is 12.1. The Balaban J connectivity index is 1.58. The number of hydrogen-bond acceptors (Lipinski definition) is 6. The number of aromatic nitrogens is 1. The molecule has 3 aliphatic rings. The van der Waals surface area contributed by atoms with Gasteiger partial charge in [-0.15, -0.1) is 0 Å². The van der Waals surface area contributed by atoms with E-state index in [0.29, 0.717) is 45.9 Å². The number of rotatable bonds is 7. The zero-order valence-corrected chi connectivity index (χ0v) is 23.9. The van der Waals surface area contributed by atoms with E-state index in [0.717, 1.165) is 24.1 Å². The van der Waals surface area contributed by atoms with Crippen LogP contribution in [0.3, 0.4) is 0 Å². The molecule has 0 saturated carbocycles. The number of piperazine rings is 1. The SMILES string of the molecule is CCCCn1cc2c(cc1=O)C(C)(C)CN2C(=O)CN1C[C@@H](C)N(C(=O)O)C[C@@H]1CN1[C@H](C)COC[C@H]1C. The number of carbonyl (C=O) groups is 2. The molecule has 0 aliphatic carbocycles. The molecular formula is C28H45N5O5. The molecule has 1 N–H and O–H groups in total. The first-order valence-corrected chi connectivity index (χ1v) is 14.0. The third-order valence-electron chi connectivity index (χ3n) is 8.54. The molecule has 4 atom stereocenters. The molecule has 0 radical (unpaired) electrons. The van der Waals surface area contributed by atoms with Gasteiger partial charge >= 0.3 is 6.09 Å². The van der Waals surface area contributed by atoms with Gasteiger partial charge in [-0.2, -0.15) is 0 Å². The minimum Gasteiger partial charge on any atom is -0.465 e. The average Bonchev–Trinajstić information content (AvgIpc) is 3.10. The molecule has 0 unspecified atom stereocenters. The molecule has 2 amide bonds. The van der Waals surface area contributed by atoms with Gasteiger partial charge in [0.25, 0.3) is 5.56 Å². The van der Waals surface area contributed by atoms with Gasteiger partial charge in [0, 0.05) is 74.6 Å². The van der Waals surface area contributed by atoms with Crippen molar-refractivity contribution in [3.8, 4) is 0 Å². The minimum atomic E-state index is -0.920. The van der Waals surface area contributed by atoms with E-state index in [-0.39, 0.29) is 47.6 Å². The number of amides is 2. The third kappa shape index (κ3) is 5.77. The van der Waals surface area contributed by atoms with Gasteiger partial charge in [0.15, 0.2) is 0 Å². The van der Waals surface area contributed by atoms with Crippen molar-refractivity contribution in [1.29, 1.82) is 0 Å². The highest BCUT2D eigenvalue weighted by molar-refractivity contribution is 5.97. The molecule has 10 nitrogen and oxygen atoms in total. The van der Waals surface area contributed by atoms with Crippen LogP contribution in [0.4, 0.5) is 10.5 Å². The summed E-state index contributed by atoms with van der Waals surface area (Å²) in [5.41, 5.74) is 1.40. The second-order valence-electron chi connectivity index (χ2n) is 12.1. The Morgan fingerprint density at radius 2 is 1.79 bits per heavy atom. The number of nitrogens with zero attached hydrogens (tertiary/aromatic N) is 5. The van der Waals surface area contributed by atoms with E-state index in [4.69, 9.17) is 4.74 Å². The largest absolute Gasteiger partial charge is 0.465 e. The maximum absolute atomic E-state index is 13.9. The summed E-state index contributed by atoms with van der Waals surface area (Å²) in [6, 6.07) is 1.83. The Morgan fingerprint density at radius 1 is 1.11 bits per heavy atom. The van der Waals surface area contributed by atoms with Gasteiger partial charge in [-0.25, -0.2) is 4.79 Å². The van der Waals surface area contributed by atoms with E-state index in [1.54, 1.807) is 10.6 Å². The number of fused-ring (bicyclic) bond motifs is 1. The molecule has 0 aromatic carbocycles. The topological polar surface area (TPSA) is 98.6 Å². The van der Waals surface area contributed by atoms with Crippen LogP contribution >= 0.6 is 0 Å². The van der Waals surface area contributed by atoms with Crippen LogP contribution in [-0.4, -0.2) is 106 Å². The number of carbonyl (C=O) groups excluding carboxylic acids is 1. The van der Waals surface area contributed by atoms with Crippen LogP contribution in [0.15, 0.2) is 17.1 Å². The summed E-state index contributed by atoms with van der Waals surface area (Å²) in [6.45, 7) is 16.6. The van der Waals surface area contributed by atoms with Gasteiger partial charge in [0.2, 0.25) is 5.91 Å². The third-order valence-corrected chi connectivity index (χ3v) is 8.54. The normalized spacial score (nSPS) is 27.9. The number of aryl methyl sites for hydroxylation is 1. The fraction of sp³-hybridized carbons (Fsp3) is 0.750. The number of hydrogen-bond donors (Lipinski definition) is 1. The summed E-state index contributed by atoms with van der Waals surface area (Å²) >= 11 is 0. The molecule has 4 rings (SSSR count). The maximum Gasteiger partial charge on any atom is 0.407 e. The van der Waals surface area contributed by atoms with E-state index in [1.807, 2.05) is 18.0 Å². The second kappa shape index (κ2) is 11.4. The van der Waals surface area contributed by atoms with E-state index >= 15 is 0 Å². The van der Waals surface area contributed by atoms with Crippen molar-refractivity contribution < 1.29 is 19.4 Å². The predicted octanol–water partition coefficient (Wildman–Crippen LogP) is 2.43. The summed E-state index contributed by atoms with van der Waals surface area (Å²) < 4.78 is 7.42. The van der Waals surface area contributed by atoms with Gasteiger partial charge in [-0.05, 0) is 32.8 Å². The highest BCUT2D eigenvalue weighted by Gasteiger charge is 2.42. The van der Waals surface area contributed by atoms with Gasteiger partial charge in [-0.1, -0.05) is 27.2 Å². The Hall–Kier alpha value is -2.43. The van der Waals surface area contributed by atoms with Crippen molar-refractivity contribution >= 4 is 17.7 Å². The van der Waals surface area contributed by atoms with Gasteiger partial charge in [0.1, 0.15) is 0 Å². The van der Waals surface area contributed by atoms with Crippen molar-refractivity contribution in [2.24, 2.45) is 0 Å². The summed E-state index contributed by atoms with van der Waals surface area (Å²) in [4.78, 5) is 46.5. The molecule has 38 heavy (non-hydrogen) atoms. The van der Waals surface area contributed by atoms with Crippen molar-refractivity contribution in [2.45, 2.75) is 90.5 Å². The minimum absolute atomic E-state index is 0.0124. The summed E-state index contributed by atoms with van der Waals surface area (Å²) in [7, 11) is 0. The fourth-order valence-electron chi connectivity index (χ4n) is 6.25. The molecular weight excluding hydrogens is 486 g/mol. The zero-order chi connectivity index (χ0) is 27.8. The van der Waals surface area contributed by atoms with E-state index in [9.17, 15) is 19.5 Å². The first-order valence-electron chi connectivity index (χ1n) is 14.0. The molecule has 2 fully saturated rings. The monoisotopic (exact) mass is 531 g/mol. The number of pyridine rings is 1. The molecule has 4 heterocycles. The number of ether oxygens (including phenoxy) is 1. The van der Waals surface area contributed by atoms with E-state index in [1.165, 1.54) is 4.90 Å². The Labute approximate surface area is 226 Å². The number of carboxylic acid groups (broad SMARTS) is 1. The van der Waals surface area contributed by atoms with Gasteiger partial charge in [-0.3, -0.25) is 19.4 Å². The standard InChI is InChI=1S/C28H45N5O5/c1-7-8-9-29-14-24-23(10-25(29)34)28(5,6)18-33(24)26(35)15-30-11-19(2)32(27(36)37)13-22(30)12-31-20(3)16-38-17-21(31)4/h10,14,19-22H,7-9,11-13,15-18H2,1-6H3,(H,36,37)/t19-,20-,21-,22+/m1/s1. The van der Waals surface area contributed by atoms with Crippen molar-refractivity contribution in [2.75, 3.05) is 50.8 Å². The summed E-state index contributed by atoms with van der Waals surface area (Å²) in [5.74, 6) is -0.0124. The molecule has 3 aliphatic heterocycles. The van der Waals surface area contributed by atoms with E-state index < -0.39 is 6.09 Å². The fourth-order valence-corrected chi connectivity index (χ4v) is 6.25. The first-order chi connectivity index (χ1) is 17.9. The predicted molar refractivity (Wildman–Crippen MR) is 147 cm³/mol. The number of morpholine rings is 1. The lowest BCUT2D eigenvalue weighted by Crippen LogP contribution is -2.64. The lowest BCUT2D eigenvalue weighted by atomic mass is 9.87. The molecule has 2 saturated heterocycles. The lowest BCUT2D eigenvalue weighted by molar-refractivity contribution is -0.122. The number of anilines is 1. The van der Waals surface area contributed by atoms with Gasteiger partial charge < -0.3 is 24.2 Å². The highest BCUT2D eigenvalue weighted by atomic mass is 16.5. The Morgan fingerprint density at radius 3 is 2.42 bits per heavy atom. The average molecular weight is 532 g/mol. The highest BCUT2D eigenvalue weighted by Crippen LogP contribution is 2.39. The summed E-state index contributed by atoms with van der Waals surface area (Å²) in [5, 5.41) is 9.82. The number of unbranched alkanes of at least 4 members (excludes halogenated alkanes) is 1. The van der Waals surface area contributed by atoms with Crippen LogP contribution in [0, 0.1) is 0 Å². The molecule has 10 heteroatoms. The smallest absolute Gasteiger partial charge is 0.407 e. The van der Waals surface area contributed by atoms with Crippen molar-refractivity contribution in [3.63, 3.8) is 0 Å². The van der Waals surface area contributed by atoms with Crippen molar-refractivity contribution in [3.05, 3.63) is 28.2 Å². The Kier molecular flexibility index (Phi) is 8.54. The van der Waals surface area contributed by atoms with Crippen LogP contribution in [-0.2, 0) is 21.5 Å². The van der Waals surface area contributed by atoms with Crippen LogP contribution in [0.25, 0.3) is 0 Å². The molecule has 0 bridgehead atoms. The summed E-state index contributed by atoms with van der Waals surface area (Å²) in [6.07, 6.45) is 2.83. The lowest BCUT2D eigenvalue weighted by Gasteiger charge is -2.48. The molecule has 1 aromatic rings. The Bertz CT molecular complexity index is 1080. The maximum atomic E-state index is 13.9. The van der Waals surface area contributed by atoms with Crippen LogP contribution in [0.5, 0.6) is 0 Å². The quantitative estimate of drug-likeness (QED) is 0.577.